The van der Waals surface area contributed by atoms with Crippen LogP contribution >= 0.6 is 11.6 Å². The van der Waals surface area contributed by atoms with Gasteiger partial charge >= 0.3 is 18.2 Å². The first-order valence-electron chi connectivity index (χ1n) is 12.1. The van der Waals surface area contributed by atoms with E-state index in [2.05, 4.69) is 25.0 Å². The van der Waals surface area contributed by atoms with Crippen molar-refractivity contribution in [3.05, 3.63) is 68.9 Å². The van der Waals surface area contributed by atoms with Crippen LogP contribution in [0.15, 0.2) is 36.7 Å². The molecular formula is C24H24ClF3N6O4. The lowest BCUT2D eigenvalue weighted by Gasteiger charge is -2.28. The third kappa shape index (κ3) is 6.16. The average Bonchev–Trinajstić information content (AvgIpc) is 3.32. The molecule has 1 aliphatic carbocycles. The summed E-state index contributed by atoms with van der Waals surface area (Å²) in [6.07, 6.45) is 1.78. The van der Waals surface area contributed by atoms with Crippen molar-refractivity contribution in [3.8, 4) is 11.8 Å². The zero-order valence-electron chi connectivity index (χ0n) is 20.0. The van der Waals surface area contributed by atoms with Gasteiger partial charge in [-0.25, -0.2) is 9.97 Å². The molecule has 202 valence electrons. The Morgan fingerprint density at radius 2 is 1.87 bits per heavy atom. The Balaban J connectivity index is 1.12. The van der Waals surface area contributed by atoms with Crippen LogP contribution in [0.3, 0.4) is 0 Å². The van der Waals surface area contributed by atoms with E-state index in [9.17, 15) is 23.3 Å². The highest BCUT2D eigenvalue weighted by Gasteiger charge is 2.32. The molecule has 0 radical (unpaired) electrons. The number of hydrogen-bond acceptors (Lipinski definition) is 8. The van der Waals surface area contributed by atoms with Crippen molar-refractivity contribution in [2.45, 2.75) is 63.0 Å². The molecule has 1 atom stereocenters. The minimum Gasteiger partial charge on any atom is -0.444 e. The molecule has 1 fully saturated rings. The maximum atomic E-state index is 12.4. The highest BCUT2D eigenvalue weighted by atomic mass is 35.5. The Bertz CT molecular complexity index is 1300. The molecule has 1 aliphatic heterocycles. The molecule has 0 amide bonds. The summed E-state index contributed by atoms with van der Waals surface area (Å²) in [5, 5.41) is 14.6. The molecule has 0 saturated heterocycles. The van der Waals surface area contributed by atoms with E-state index in [-0.39, 0.29) is 35.5 Å². The minimum absolute atomic E-state index is 0.101. The van der Waals surface area contributed by atoms with Gasteiger partial charge in [0.15, 0.2) is 0 Å². The summed E-state index contributed by atoms with van der Waals surface area (Å²) in [6, 6.07) is 6.20. The number of nitrogens with zero attached hydrogens (tertiary/aromatic N) is 5. The van der Waals surface area contributed by atoms with E-state index in [1.165, 1.54) is 18.3 Å². The van der Waals surface area contributed by atoms with Crippen LogP contribution in [0.25, 0.3) is 0 Å². The van der Waals surface area contributed by atoms with Crippen LogP contribution in [0.4, 0.5) is 19.0 Å². The number of fused-ring (bicyclic) bond motifs is 1. The van der Waals surface area contributed by atoms with Gasteiger partial charge in [-0.1, -0.05) is 23.7 Å². The fourth-order valence-corrected chi connectivity index (χ4v) is 5.11. The Kier molecular flexibility index (Phi) is 7.39. The predicted octanol–water partition coefficient (Wildman–Crippen LogP) is 5.13. The Morgan fingerprint density at radius 1 is 1.16 bits per heavy atom. The normalized spacial score (nSPS) is 21.4. The molecular weight excluding hydrogens is 529 g/mol. The monoisotopic (exact) mass is 552 g/mol. The van der Waals surface area contributed by atoms with E-state index < -0.39 is 11.3 Å². The average molecular weight is 553 g/mol. The summed E-state index contributed by atoms with van der Waals surface area (Å²) in [6.45, 7) is 1.18. The minimum atomic E-state index is -4.70. The SMILES string of the molecule is O=[N+]([O-])c1cn2c(n1)OC[C@@H](NCc1cnc(C3CCC(c4ccc(OC(F)(F)F)cc4)CC3)nc1Cl)C2. The van der Waals surface area contributed by atoms with Gasteiger partial charge in [0.1, 0.15) is 29.5 Å². The summed E-state index contributed by atoms with van der Waals surface area (Å²) < 4.78 is 48.2. The van der Waals surface area contributed by atoms with Crippen LogP contribution in [-0.2, 0) is 13.1 Å². The summed E-state index contributed by atoms with van der Waals surface area (Å²) in [5.41, 5.74) is 1.72. The van der Waals surface area contributed by atoms with Gasteiger partial charge in [0.25, 0.3) is 0 Å². The number of aromatic nitrogens is 4. The molecule has 10 nitrogen and oxygen atoms in total. The van der Waals surface area contributed by atoms with Crippen LogP contribution in [0.5, 0.6) is 11.8 Å². The van der Waals surface area contributed by atoms with E-state index >= 15 is 0 Å². The van der Waals surface area contributed by atoms with Crippen LogP contribution in [-0.4, -0.2) is 43.5 Å². The second-order valence-electron chi connectivity index (χ2n) is 9.39. The Morgan fingerprint density at radius 3 is 2.53 bits per heavy atom. The quantitative estimate of drug-likeness (QED) is 0.244. The first-order chi connectivity index (χ1) is 18.1. The lowest BCUT2D eigenvalue weighted by atomic mass is 9.78. The van der Waals surface area contributed by atoms with Gasteiger partial charge in [0.05, 0.1) is 6.04 Å². The lowest BCUT2D eigenvalue weighted by molar-refractivity contribution is -0.389. The van der Waals surface area contributed by atoms with Gasteiger partial charge in [-0.05, 0) is 54.2 Å². The summed E-state index contributed by atoms with van der Waals surface area (Å²) >= 11 is 6.47. The predicted molar refractivity (Wildman–Crippen MR) is 129 cm³/mol. The highest BCUT2D eigenvalue weighted by molar-refractivity contribution is 6.30. The number of alkyl halides is 3. The molecule has 0 unspecified atom stereocenters. The zero-order chi connectivity index (χ0) is 26.9. The van der Waals surface area contributed by atoms with Crippen molar-refractivity contribution in [2.75, 3.05) is 6.61 Å². The number of imidazole rings is 1. The fraction of sp³-hybridized carbons (Fsp3) is 0.458. The largest absolute Gasteiger partial charge is 0.573 e. The molecule has 3 heterocycles. The van der Waals surface area contributed by atoms with Gasteiger partial charge in [-0.2, -0.15) is 0 Å². The van der Waals surface area contributed by atoms with Crippen molar-refractivity contribution >= 4 is 17.4 Å². The van der Waals surface area contributed by atoms with E-state index in [0.717, 1.165) is 36.8 Å². The molecule has 2 aromatic heterocycles. The molecule has 1 saturated carbocycles. The summed E-state index contributed by atoms with van der Waals surface area (Å²) in [4.78, 5) is 23.3. The molecule has 38 heavy (non-hydrogen) atoms. The van der Waals surface area contributed by atoms with E-state index in [1.807, 2.05) is 0 Å². The molecule has 0 spiro atoms. The molecule has 3 aromatic rings. The van der Waals surface area contributed by atoms with Gasteiger partial charge in [0, 0.05) is 35.8 Å². The van der Waals surface area contributed by atoms with Gasteiger partial charge in [-0.15, -0.1) is 13.2 Å². The van der Waals surface area contributed by atoms with Crippen LogP contribution in [0, 0.1) is 10.1 Å². The van der Waals surface area contributed by atoms with Gasteiger partial charge in [0.2, 0.25) is 0 Å². The maximum absolute atomic E-state index is 12.4. The van der Waals surface area contributed by atoms with E-state index in [0.29, 0.717) is 30.7 Å². The Hall–Kier alpha value is -3.45. The lowest BCUT2D eigenvalue weighted by Crippen LogP contribution is -2.41. The summed E-state index contributed by atoms with van der Waals surface area (Å²) in [5.74, 6) is 0.609. The third-order valence-corrected chi connectivity index (χ3v) is 7.16. The molecule has 0 bridgehead atoms. The molecule has 2 aliphatic rings. The number of ether oxygens (including phenoxy) is 2. The van der Waals surface area contributed by atoms with Crippen molar-refractivity contribution < 1.29 is 27.6 Å². The van der Waals surface area contributed by atoms with E-state index in [4.69, 9.17) is 16.3 Å². The topological polar surface area (TPSA) is 117 Å². The molecule has 5 rings (SSSR count). The number of nitrogens with one attached hydrogen (secondary N) is 1. The van der Waals surface area contributed by atoms with Crippen molar-refractivity contribution in [3.63, 3.8) is 0 Å². The third-order valence-electron chi connectivity index (χ3n) is 6.83. The highest BCUT2D eigenvalue weighted by Crippen LogP contribution is 2.40. The zero-order valence-corrected chi connectivity index (χ0v) is 20.8. The second kappa shape index (κ2) is 10.7. The number of rotatable bonds is 7. The van der Waals surface area contributed by atoms with Crippen LogP contribution in [0.1, 0.15) is 54.5 Å². The Labute approximate surface area is 220 Å². The number of halogens is 4. The number of benzene rings is 1. The van der Waals surface area contributed by atoms with Crippen molar-refractivity contribution in [1.29, 1.82) is 0 Å². The fourth-order valence-electron chi connectivity index (χ4n) is 4.90. The number of nitro groups is 1. The van der Waals surface area contributed by atoms with Gasteiger partial charge < -0.3 is 24.9 Å². The first-order valence-corrected chi connectivity index (χ1v) is 12.5. The molecule has 14 heteroatoms. The smallest absolute Gasteiger partial charge is 0.444 e. The van der Waals surface area contributed by atoms with Gasteiger partial charge in [-0.3, -0.25) is 4.57 Å². The summed E-state index contributed by atoms with van der Waals surface area (Å²) in [7, 11) is 0. The second-order valence-corrected chi connectivity index (χ2v) is 9.75. The van der Waals surface area contributed by atoms with Crippen LogP contribution in [0.2, 0.25) is 5.15 Å². The first kappa shape index (κ1) is 26.2. The van der Waals surface area contributed by atoms with Crippen molar-refractivity contribution in [1.82, 2.24) is 24.8 Å². The maximum Gasteiger partial charge on any atom is 0.573 e. The van der Waals surface area contributed by atoms with Crippen molar-refractivity contribution in [2.24, 2.45) is 0 Å². The van der Waals surface area contributed by atoms with Crippen LogP contribution < -0.4 is 14.8 Å². The standard InChI is InChI=1S/C24H24ClF3N6O4/c25-21-17(9-29-18-11-33-12-20(34(35)36)31-23(33)37-13-18)10-30-22(32-21)16-3-1-14(2-4-16)15-5-7-19(8-6-15)38-24(26,27)28/h5-8,10,12,14,16,18,29H,1-4,9,11,13H2/t14?,16?,18-/m0/s1. The molecule has 1 aromatic carbocycles. The van der Waals surface area contributed by atoms with E-state index in [1.54, 1.807) is 22.9 Å². The number of hydrogen-bond donors (Lipinski definition) is 1. The molecule has 1 N–H and O–H groups in total.